The normalized spacial score (nSPS) is 22.1. The highest BCUT2D eigenvalue weighted by Gasteiger charge is 2.40. The van der Waals surface area contributed by atoms with Gasteiger partial charge in [-0.2, -0.15) is 0 Å². The second kappa shape index (κ2) is 8.49. The van der Waals surface area contributed by atoms with Crippen LogP contribution in [0, 0.1) is 5.92 Å². The minimum atomic E-state index is -0.698. The summed E-state index contributed by atoms with van der Waals surface area (Å²) in [5, 5.41) is 13.5. The van der Waals surface area contributed by atoms with Crippen LogP contribution in [0.15, 0.2) is 45.3 Å². The number of furan rings is 1. The molecule has 6 heteroatoms. The van der Waals surface area contributed by atoms with Crippen LogP contribution in [-0.4, -0.2) is 34.2 Å². The number of aliphatic carboxylic acids is 1. The van der Waals surface area contributed by atoms with Crippen molar-refractivity contribution in [1.29, 1.82) is 0 Å². The van der Waals surface area contributed by atoms with E-state index in [1.165, 1.54) is 43.2 Å². The van der Waals surface area contributed by atoms with Gasteiger partial charge in [0.05, 0.1) is 5.92 Å². The van der Waals surface area contributed by atoms with Crippen LogP contribution in [-0.2, 0) is 11.2 Å². The van der Waals surface area contributed by atoms with Crippen LogP contribution >= 0.6 is 0 Å². The second-order valence-electron chi connectivity index (χ2n) is 9.92. The topological polar surface area (TPSA) is 79.7 Å². The Hall–Kier alpha value is -2.86. The van der Waals surface area contributed by atoms with Gasteiger partial charge in [-0.05, 0) is 43.2 Å². The minimum absolute atomic E-state index is 0.233. The minimum Gasteiger partial charge on any atom is -0.481 e. The van der Waals surface area contributed by atoms with Crippen molar-refractivity contribution in [2.75, 3.05) is 13.1 Å². The van der Waals surface area contributed by atoms with Crippen molar-refractivity contribution in [2.24, 2.45) is 5.92 Å². The Bertz CT molecular complexity index is 1130. The molecular weight excluding hydrogens is 416 g/mol. The fourth-order valence-corrected chi connectivity index (χ4v) is 5.85. The maximum absolute atomic E-state index is 11.2. The molecule has 0 bridgehead atoms. The highest BCUT2D eigenvalue weighted by molar-refractivity contribution is 5.71. The average Bonchev–Trinajstić information content (AvgIpc) is 3.46. The van der Waals surface area contributed by atoms with Gasteiger partial charge in [0.1, 0.15) is 11.5 Å². The molecule has 0 spiro atoms. The summed E-state index contributed by atoms with van der Waals surface area (Å²) in [5.74, 6) is 2.09. The summed E-state index contributed by atoms with van der Waals surface area (Å²) in [6, 6.07) is 13.1. The monoisotopic (exact) mass is 446 g/mol. The Kier molecular flexibility index (Phi) is 5.33. The van der Waals surface area contributed by atoms with E-state index in [9.17, 15) is 9.90 Å². The molecule has 172 valence electrons. The van der Waals surface area contributed by atoms with E-state index in [1.807, 2.05) is 6.07 Å². The van der Waals surface area contributed by atoms with Gasteiger partial charge in [-0.15, -0.1) is 0 Å². The number of rotatable bonds is 5. The fraction of sp³-hybridized carbons (Fsp3) is 0.481. The molecule has 0 radical (unpaired) electrons. The van der Waals surface area contributed by atoms with Gasteiger partial charge in [0.2, 0.25) is 5.76 Å². The molecule has 2 aliphatic carbocycles. The first-order chi connectivity index (χ1) is 16.2. The second-order valence-corrected chi connectivity index (χ2v) is 9.92. The molecule has 3 aliphatic rings. The number of hydrogen-bond donors (Lipinski definition) is 1. The van der Waals surface area contributed by atoms with E-state index in [0.29, 0.717) is 30.5 Å². The van der Waals surface area contributed by atoms with Crippen LogP contribution in [0.1, 0.15) is 73.8 Å². The molecule has 0 amide bonds. The number of aryl methyl sites for hydroxylation is 1. The Morgan fingerprint density at radius 2 is 1.76 bits per heavy atom. The van der Waals surface area contributed by atoms with Crippen molar-refractivity contribution in [3.63, 3.8) is 0 Å². The molecular formula is C27H30N2O4. The lowest BCUT2D eigenvalue weighted by Gasteiger charge is -2.43. The van der Waals surface area contributed by atoms with Crippen LogP contribution in [0.2, 0.25) is 0 Å². The Balaban J connectivity index is 1.19. The van der Waals surface area contributed by atoms with Gasteiger partial charge in [-0.3, -0.25) is 9.69 Å². The van der Waals surface area contributed by atoms with Crippen LogP contribution in [0.25, 0.3) is 22.8 Å². The zero-order valence-electron chi connectivity index (χ0n) is 18.8. The van der Waals surface area contributed by atoms with E-state index in [4.69, 9.17) is 8.94 Å². The molecule has 6 rings (SSSR count). The van der Waals surface area contributed by atoms with Crippen molar-refractivity contribution in [3.05, 3.63) is 53.3 Å². The zero-order valence-corrected chi connectivity index (χ0v) is 18.8. The van der Waals surface area contributed by atoms with E-state index in [0.717, 1.165) is 36.3 Å². The van der Waals surface area contributed by atoms with Crippen molar-refractivity contribution >= 4 is 5.97 Å². The molecule has 1 aliphatic heterocycles. The Morgan fingerprint density at radius 1 is 0.970 bits per heavy atom. The standard InChI is InChI=1S/C27H30N2O4/c30-27(31)20-15-29(16-20)23-7-4-8-24-21(23)13-25(32-24)26-14-22(28-33-26)19-11-9-18(10-12-19)17-5-2-1-3-6-17/h9-14,17,20,23H,1-8,15-16H2,(H,30,31). The average molecular weight is 447 g/mol. The van der Waals surface area contributed by atoms with Crippen molar-refractivity contribution < 1.29 is 18.8 Å². The van der Waals surface area contributed by atoms with E-state index < -0.39 is 5.97 Å². The van der Waals surface area contributed by atoms with Gasteiger partial charge in [-0.25, -0.2) is 0 Å². The van der Waals surface area contributed by atoms with Crippen LogP contribution in [0.3, 0.4) is 0 Å². The number of nitrogens with zero attached hydrogens (tertiary/aromatic N) is 2. The molecule has 1 atom stereocenters. The maximum Gasteiger partial charge on any atom is 0.309 e. The van der Waals surface area contributed by atoms with Crippen molar-refractivity contribution in [2.45, 2.75) is 63.3 Å². The van der Waals surface area contributed by atoms with E-state index >= 15 is 0 Å². The Morgan fingerprint density at radius 3 is 2.52 bits per heavy atom. The van der Waals surface area contributed by atoms with E-state index in [1.54, 1.807) is 0 Å². The number of aromatic nitrogens is 1. The first kappa shape index (κ1) is 20.7. The third-order valence-corrected chi connectivity index (χ3v) is 7.82. The number of carboxylic acid groups (broad SMARTS) is 1. The third-order valence-electron chi connectivity index (χ3n) is 7.82. The predicted octanol–water partition coefficient (Wildman–Crippen LogP) is 6.04. The van der Waals surface area contributed by atoms with E-state index in [2.05, 4.69) is 40.4 Å². The number of carboxylic acids is 1. The third kappa shape index (κ3) is 3.90. The largest absolute Gasteiger partial charge is 0.481 e. The molecule has 2 aromatic heterocycles. The lowest BCUT2D eigenvalue weighted by Crippen LogP contribution is -2.52. The van der Waals surface area contributed by atoms with Crippen LogP contribution < -0.4 is 0 Å². The molecule has 1 saturated heterocycles. The Labute approximate surface area is 193 Å². The molecule has 3 aromatic rings. The summed E-state index contributed by atoms with van der Waals surface area (Å²) in [4.78, 5) is 13.5. The molecule has 1 saturated carbocycles. The van der Waals surface area contributed by atoms with Gasteiger partial charge < -0.3 is 14.0 Å². The zero-order chi connectivity index (χ0) is 22.4. The SMILES string of the molecule is O=C(O)C1CN(C2CCCc3oc(-c4cc(-c5ccc(C6CCCCC6)cc5)no4)cc32)C1. The van der Waals surface area contributed by atoms with Crippen molar-refractivity contribution in [3.8, 4) is 22.8 Å². The van der Waals surface area contributed by atoms with Crippen LogP contribution in [0.4, 0.5) is 0 Å². The number of fused-ring (bicyclic) bond motifs is 1. The highest BCUT2D eigenvalue weighted by atomic mass is 16.5. The summed E-state index contributed by atoms with van der Waals surface area (Å²) in [6.07, 6.45) is 9.63. The van der Waals surface area contributed by atoms with Gasteiger partial charge >= 0.3 is 5.97 Å². The van der Waals surface area contributed by atoms with Gasteiger partial charge in [-0.1, -0.05) is 48.7 Å². The molecule has 6 nitrogen and oxygen atoms in total. The number of likely N-dealkylation sites (tertiary alicyclic amines) is 1. The smallest absolute Gasteiger partial charge is 0.309 e. The summed E-state index contributed by atoms with van der Waals surface area (Å²) in [5.41, 5.74) is 4.48. The van der Waals surface area contributed by atoms with Gasteiger partial charge in [0.15, 0.2) is 5.76 Å². The molecule has 1 unspecified atom stereocenters. The van der Waals surface area contributed by atoms with Gasteiger partial charge in [0.25, 0.3) is 0 Å². The van der Waals surface area contributed by atoms with Crippen LogP contribution in [0.5, 0.6) is 0 Å². The van der Waals surface area contributed by atoms with Crippen molar-refractivity contribution in [1.82, 2.24) is 10.1 Å². The molecule has 1 aromatic carbocycles. The highest BCUT2D eigenvalue weighted by Crippen LogP contribution is 2.42. The number of benzene rings is 1. The lowest BCUT2D eigenvalue weighted by atomic mass is 9.84. The summed E-state index contributed by atoms with van der Waals surface area (Å²) in [7, 11) is 0. The first-order valence-electron chi connectivity index (χ1n) is 12.3. The number of carbonyl (C=O) groups is 1. The molecule has 3 heterocycles. The molecule has 1 N–H and O–H groups in total. The number of hydrogen-bond acceptors (Lipinski definition) is 5. The quantitative estimate of drug-likeness (QED) is 0.514. The molecule has 2 fully saturated rings. The van der Waals surface area contributed by atoms with Gasteiger partial charge in [0, 0.05) is 42.7 Å². The first-order valence-corrected chi connectivity index (χ1v) is 12.3. The lowest BCUT2D eigenvalue weighted by molar-refractivity contribution is -0.149. The fourth-order valence-electron chi connectivity index (χ4n) is 5.85. The summed E-state index contributed by atoms with van der Waals surface area (Å²) < 4.78 is 11.9. The molecule has 33 heavy (non-hydrogen) atoms. The predicted molar refractivity (Wildman–Crippen MR) is 124 cm³/mol. The maximum atomic E-state index is 11.2. The summed E-state index contributed by atoms with van der Waals surface area (Å²) >= 11 is 0. The summed E-state index contributed by atoms with van der Waals surface area (Å²) in [6.45, 7) is 1.23. The van der Waals surface area contributed by atoms with E-state index in [-0.39, 0.29) is 12.0 Å².